The first-order valence-corrected chi connectivity index (χ1v) is 8.28. The van der Waals surface area contributed by atoms with Gasteiger partial charge in [0.2, 0.25) is 5.91 Å². The van der Waals surface area contributed by atoms with E-state index >= 15 is 0 Å². The zero-order chi connectivity index (χ0) is 15.4. The highest BCUT2D eigenvalue weighted by atomic mass is 32.2. The van der Waals surface area contributed by atoms with Crippen LogP contribution in [0.2, 0.25) is 0 Å². The predicted molar refractivity (Wildman–Crippen MR) is 86.2 cm³/mol. The van der Waals surface area contributed by atoms with Crippen LogP contribution in [0.4, 0.5) is 15.2 Å². The van der Waals surface area contributed by atoms with Crippen molar-refractivity contribution in [2.75, 3.05) is 17.2 Å². The molecular weight excluding hydrogens is 309 g/mol. The van der Waals surface area contributed by atoms with Gasteiger partial charge in [0.25, 0.3) is 0 Å². The topological polar surface area (TPSA) is 59.2 Å². The molecule has 0 aliphatic heterocycles. The first kappa shape index (κ1) is 15.8. The van der Waals surface area contributed by atoms with E-state index in [1.807, 2.05) is 12.3 Å². The van der Waals surface area contributed by atoms with Gasteiger partial charge in [-0.25, -0.2) is 9.37 Å². The predicted octanol–water partition coefficient (Wildman–Crippen LogP) is 3.53. The fourth-order valence-electron chi connectivity index (χ4n) is 1.76. The molecular formula is C14H16FN3OS2. The van der Waals surface area contributed by atoms with Crippen LogP contribution in [-0.4, -0.2) is 17.4 Å². The third kappa shape index (κ3) is 3.95. The second kappa shape index (κ2) is 6.91. The number of hydrogen-bond donors (Lipinski definition) is 1. The Bertz CT molecular complexity index is 645. The first-order chi connectivity index (χ1) is 10.0. The highest BCUT2D eigenvalue weighted by Gasteiger charge is 2.13. The molecule has 0 fully saturated rings. The molecule has 2 aromatic rings. The molecule has 0 spiro atoms. The molecule has 0 saturated heterocycles. The average molecular weight is 325 g/mol. The Morgan fingerprint density at radius 1 is 1.52 bits per heavy atom. The van der Waals surface area contributed by atoms with Gasteiger partial charge in [-0.3, -0.25) is 9.69 Å². The minimum Gasteiger partial charge on any atom is -0.398 e. The fourth-order valence-corrected chi connectivity index (χ4v) is 3.68. The van der Waals surface area contributed by atoms with E-state index in [1.165, 1.54) is 42.2 Å². The smallest absolute Gasteiger partial charge is 0.225 e. The first-order valence-electron chi connectivity index (χ1n) is 6.41. The Hall–Kier alpha value is -1.60. The molecule has 112 valence electrons. The van der Waals surface area contributed by atoms with Gasteiger partial charge in [0.15, 0.2) is 5.13 Å². The van der Waals surface area contributed by atoms with Gasteiger partial charge >= 0.3 is 0 Å². The summed E-state index contributed by atoms with van der Waals surface area (Å²) >= 11 is 2.86. The molecule has 4 nitrogen and oxygen atoms in total. The maximum atomic E-state index is 13.2. The lowest BCUT2D eigenvalue weighted by atomic mass is 10.3. The molecule has 1 aromatic heterocycles. The molecule has 21 heavy (non-hydrogen) atoms. The molecule has 0 bridgehead atoms. The fraction of sp³-hybridized carbons (Fsp3) is 0.286. The van der Waals surface area contributed by atoms with Crippen LogP contribution in [0.25, 0.3) is 0 Å². The van der Waals surface area contributed by atoms with Gasteiger partial charge in [-0.1, -0.05) is 0 Å². The van der Waals surface area contributed by atoms with Crippen molar-refractivity contribution in [1.29, 1.82) is 0 Å². The molecule has 7 heteroatoms. The number of nitrogens with two attached hydrogens (primary N) is 1. The summed E-state index contributed by atoms with van der Waals surface area (Å²) in [6, 6.07) is 4.31. The molecule has 0 radical (unpaired) electrons. The molecule has 2 rings (SSSR count). The lowest BCUT2D eigenvalue weighted by Gasteiger charge is -2.14. The van der Waals surface area contributed by atoms with Crippen molar-refractivity contribution in [2.24, 2.45) is 0 Å². The van der Waals surface area contributed by atoms with Gasteiger partial charge in [0, 0.05) is 35.2 Å². The molecule has 0 unspecified atom stereocenters. The summed E-state index contributed by atoms with van der Waals surface area (Å²) in [5, 5.41) is 2.59. The number of hydrogen-bond acceptors (Lipinski definition) is 5. The van der Waals surface area contributed by atoms with Crippen molar-refractivity contribution < 1.29 is 9.18 Å². The second-order valence-corrected chi connectivity index (χ2v) is 6.21. The van der Waals surface area contributed by atoms with Crippen LogP contribution in [0.5, 0.6) is 0 Å². The number of anilines is 2. The van der Waals surface area contributed by atoms with Gasteiger partial charge in [-0.2, -0.15) is 0 Å². The molecule has 0 aliphatic carbocycles. The number of carbonyl (C=O) groups excluding carboxylic acids is 1. The second-order valence-electron chi connectivity index (χ2n) is 4.36. The molecule has 0 saturated carbocycles. The van der Waals surface area contributed by atoms with Gasteiger partial charge in [0.05, 0.1) is 5.69 Å². The van der Waals surface area contributed by atoms with Crippen molar-refractivity contribution in [3.8, 4) is 0 Å². The quantitative estimate of drug-likeness (QED) is 0.675. The summed E-state index contributed by atoms with van der Waals surface area (Å²) in [7, 11) is 0. The van der Waals surface area contributed by atoms with Crippen molar-refractivity contribution in [2.45, 2.75) is 24.5 Å². The summed E-state index contributed by atoms with van der Waals surface area (Å²) in [5.41, 5.74) is 7.21. The lowest BCUT2D eigenvalue weighted by Crippen LogP contribution is -2.27. The van der Waals surface area contributed by atoms with Crippen LogP contribution < -0.4 is 10.6 Å². The van der Waals surface area contributed by atoms with E-state index in [0.29, 0.717) is 28.0 Å². The Balaban J connectivity index is 2.06. The summed E-state index contributed by atoms with van der Waals surface area (Å²) in [6.07, 6.45) is 0. The minimum atomic E-state index is -0.306. The van der Waals surface area contributed by atoms with Crippen molar-refractivity contribution in [3.05, 3.63) is 35.1 Å². The Labute approximate surface area is 131 Å². The average Bonchev–Trinajstić information content (AvgIpc) is 2.89. The number of halogens is 1. The van der Waals surface area contributed by atoms with Crippen LogP contribution in [0.15, 0.2) is 28.5 Å². The standard InChI is InChI=1S/C14H16FN3OS2/c1-3-18(9(2)19)14-17-11(8-21-14)7-20-13-6-10(15)4-5-12(13)16/h4-6,8H,3,7,16H2,1-2H3. The zero-order valence-electron chi connectivity index (χ0n) is 11.8. The van der Waals surface area contributed by atoms with E-state index in [2.05, 4.69) is 4.98 Å². The van der Waals surface area contributed by atoms with E-state index in [4.69, 9.17) is 5.73 Å². The highest BCUT2D eigenvalue weighted by molar-refractivity contribution is 7.98. The molecule has 2 N–H and O–H groups in total. The molecule has 0 aliphatic rings. The van der Waals surface area contributed by atoms with E-state index < -0.39 is 0 Å². The summed E-state index contributed by atoms with van der Waals surface area (Å²) in [6.45, 7) is 4.02. The normalized spacial score (nSPS) is 10.6. The SMILES string of the molecule is CCN(C(C)=O)c1nc(CSc2cc(F)ccc2N)cs1. The number of nitrogens with zero attached hydrogens (tertiary/aromatic N) is 2. The maximum absolute atomic E-state index is 13.2. The monoisotopic (exact) mass is 325 g/mol. The largest absolute Gasteiger partial charge is 0.398 e. The Morgan fingerprint density at radius 3 is 2.95 bits per heavy atom. The van der Waals surface area contributed by atoms with Gasteiger partial charge < -0.3 is 5.73 Å². The summed E-state index contributed by atoms with van der Waals surface area (Å²) < 4.78 is 13.2. The lowest BCUT2D eigenvalue weighted by molar-refractivity contribution is -0.116. The highest BCUT2D eigenvalue weighted by Crippen LogP contribution is 2.30. The molecule has 0 atom stereocenters. The number of carbonyl (C=O) groups is 1. The number of thioether (sulfide) groups is 1. The van der Waals surface area contributed by atoms with Crippen molar-refractivity contribution in [1.82, 2.24) is 4.98 Å². The van der Waals surface area contributed by atoms with Crippen LogP contribution >= 0.6 is 23.1 Å². The van der Waals surface area contributed by atoms with E-state index in [0.717, 1.165) is 5.69 Å². The minimum absolute atomic E-state index is 0.0274. The maximum Gasteiger partial charge on any atom is 0.225 e. The summed E-state index contributed by atoms with van der Waals surface area (Å²) in [5.74, 6) is 0.249. The van der Waals surface area contributed by atoms with Crippen molar-refractivity contribution in [3.63, 3.8) is 0 Å². The zero-order valence-corrected chi connectivity index (χ0v) is 13.4. The Morgan fingerprint density at radius 2 is 2.29 bits per heavy atom. The number of benzene rings is 1. The third-order valence-corrected chi connectivity index (χ3v) is 4.84. The Kier molecular flexibility index (Phi) is 5.19. The van der Waals surface area contributed by atoms with Crippen molar-refractivity contribution >= 4 is 39.8 Å². The van der Waals surface area contributed by atoms with Gasteiger partial charge in [-0.05, 0) is 25.1 Å². The van der Waals surface area contributed by atoms with Crippen LogP contribution in [0.1, 0.15) is 19.5 Å². The van der Waals surface area contributed by atoms with Crippen LogP contribution in [0.3, 0.4) is 0 Å². The number of amides is 1. The van der Waals surface area contributed by atoms with Gasteiger partial charge in [0.1, 0.15) is 5.82 Å². The number of nitrogen functional groups attached to an aromatic ring is 1. The van der Waals surface area contributed by atoms with E-state index in [1.54, 1.807) is 11.0 Å². The van der Waals surface area contributed by atoms with Crippen LogP contribution in [0, 0.1) is 5.82 Å². The van der Waals surface area contributed by atoms with Crippen LogP contribution in [-0.2, 0) is 10.5 Å². The number of aromatic nitrogens is 1. The van der Waals surface area contributed by atoms with Gasteiger partial charge in [-0.15, -0.1) is 23.1 Å². The number of thiazole rings is 1. The van der Waals surface area contributed by atoms with E-state index in [-0.39, 0.29) is 11.7 Å². The molecule has 1 aromatic carbocycles. The molecule has 1 heterocycles. The van der Waals surface area contributed by atoms with E-state index in [9.17, 15) is 9.18 Å². The summed E-state index contributed by atoms with van der Waals surface area (Å²) in [4.78, 5) is 18.2. The third-order valence-electron chi connectivity index (χ3n) is 2.82. The number of rotatable bonds is 5. The molecule has 1 amide bonds.